The lowest BCUT2D eigenvalue weighted by Crippen LogP contribution is -2.29. The van der Waals surface area contributed by atoms with Gasteiger partial charge in [0.25, 0.3) is 0 Å². The molecule has 4 rings (SSSR count). The molecule has 0 radical (unpaired) electrons. The molecule has 2 aromatic carbocycles. The lowest BCUT2D eigenvalue weighted by Gasteiger charge is -2.29. The normalized spacial score (nSPS) is 16.0. The van der Waals surface area contributed by atoms with E-state index in [9.17, 15) is 0 Å². The molecular weight excluding hydrogens is 348 g/mol. The molecule has 0 saturated carbocycles. The maximum Gasteiger partial charge on any atom is 0.0744 e. The van der Waals surface area contributed by atoms with Crippen molar-refractivity contribution in [3.8, 4) is 0 Å². The molecule has 0 N–H and O–H groups in total. The van der Waals surface area contributed by atoms with Gasteiger partial charge in [0, 0.05) is 27.2 Å². The van der Waals surface area contributed by atoms with Crippen LogP contribution in [0.3, 0.4) is 0 Å². The summed E-state index contributed by atoms with van der Waals surface area (Å²) < 4.78 is 1.07. The van der Waals surface area contributed by atoms with Gasteiger partial charge in [-0.1, -0.05) is 40.2 Å². The van der Waals surface area contributed by atoms with E-state index in [1.807, 2.05) is 18.3 Å². The van der Waals surface area contributed by atoms with E-state index in [1.54, 1.807) is 0 Å². The first kappa shape index (κ1) is 14.6. The number of benzene rings is 2. The van der Waals surface area contributed by atoms with E-state index in [2.05, 4.69) is 71.2 Å². The Bertz CT molecular complexity index is 941. The number of nitrogens with zero attached hydrogens (tertiary/aromatic N) is 2. The van der Waals surface area contributed by atoms with Crippen LogP contribution in [-0.4, -0.2) is 16.2 Å². The number of aromatic nitrogens is 1. The van der Waals surface area contributed by atoms with Gasteiger partial charge in [0.1, 0.15) is 0 Å². The summed E-state index contributed by atoms with van der Waals surface area (Å²) in [6, 6.07) is 16.9. The SMILES string of the molecule is CC1(C)Cc2ccccc2C(c2cnc3ccc(Br)cc3c2)=N1. The van der Waals surface area contributed by atoms with Crippen LogP contribution < -0.4 is 0 Å². The summed E-state index contributed by atoms with van der Waals surface area (Å²) in [5, 5.41) is 1.13. The van der Waals surface area contributed by atoms with Crippen molar-refractivity contribution in [3.63, 3.8) is 0 Å². The van der Waals surface area contributed by atoms with Gasteiger partial charge in [-0.2, -0.15) is 0 Å². The number of rotatable bonds is 1. The average molecular weight is 365 g/mol. The van der Waals surface area contributed by atoms with Gasteiger partial charge in [-0.15, -0.1) is 0 Å². The van der Waals surface area contributed by atoms with E-state index in [0.717, 1.165) is 33.1 Å². The fourth-order valence-electron chi connectivity index (χ4n) is 3.23. The summed E-state index contributed by atoms with van der Waals surface area (Å²) in [5.74, 6) is 0. The van der Waals surface area contributed by atoms with E-state index in [1.165, 1.54) is 11.1 Å². The Morgan fingerprint density at radius 2 is 1.87 bits per heavy atom. The zero-order chi connectivity index (χ0) is 16.0. The highest BCUT2D eigenvalue weighted by molar-refractivity contribution is 9.10. The smallest absolute Gasteiger partial charge is 0.0744 e. The molecule has 0 unspecified atom stereocenters. The van der Waals surface area contributed by atoms with Crippen LogP contribution in [-0.2, 0) is 6.42 Å². The number of pyridine rings is 1. The highest BCUT2D eigenvalue weighted by Crippen LogP contribution is 2.30. The van der Waals surface area contributed by atoms with Crippen LogP contribution in [0.25, 0.3) is 10.9 Å². The molecule has 0 amide bonds. The van der Waals surface area contributed by atoms with Crippen molar-refractivity contribution >= 4 is 32.5 Å². The first-order chi connectivity index (χ1) is 11.0. The summed E-state index contributed by atoms with van der Waals surface area (Å²) >= 11 is 3.54. The molecule has 1 aromatic heterocycles. The Kier molecular flexibility index (Phi) is 3.34. The second-order valence-electron chi connectivity index (χ2n) is 6.67. The predicted octanol–water partition coefficient (Wildman–Crippen LogP) is 5.17. The van der Waals surface area contributed by atoms with Crippen LogP contribution in [0.15, 0.2) is 64.2 Å². The number of fused-ring (bicyclic) bond motifs is 2. The lowest BCUT2D eigenvalue weighted by atomic mass is 9.85. The van der Waals surface area contributed by atoms with Crippen molar-refractivity contribution in [3.05, 3.63) is 75.9 Å². The molecule has 1 aliphatic heterocycles. The fraction of sp³-hybridized carbons (Fsp3) is 0.200. The largest absolute Gasteiger partial charge is 0.278 e. The van der Waals surface area contributed by atoms with Crippen LogP contribution >= 0.6 is 15.9 Å². The number of aliphatic imine (C=N–C) groups is 1. The first-order valence-corrected chi connectivity index (χ1v) is 8.55. The lowest BCUT2D eigenvalue weighted by molar-refractivity contribution is 0.513. The van der Waals surface area contributed by atoms with Crippen LogP contribution in [0.4, 0.5) is 0 Å². The van der Waals surface area contributed by atoms with Crippen LogP contribution in [0.2, 0.25) is 0 Å². The zero-order valence-electron chi connectivity index (χ0n) is 13.2. The van der Waals surface area contributed by atoms with Crippen molar-refractivity contribution in [2.45, 2.75) is 25.8 Å². The Labute approximate surface area is 144 Å². The van der Waals surface area contributed by atoms with Gasteiger partial charge in [-0.3, -0.25) is 9.98 Å². The molecule has 3 heteroatoms. The van der Waals surface area contributed by atoms with Gasteiger partial charge in [0.15, 0.2) is 0 Å². The molecule has 0 spiro atoms. The summed E-state index contributed by atoms with van der Waals surface area (Å²) in [6.45, 7) is 4.38. The van der Waals surface area contributed by atoms with Crippen molar-refractivity contribution < 1.29 is 0 Å². The number of hydrogen-bond donors (Lipinski definition) is 0. The molecule has 2 nitrogen and oxygen atoms in total. The molecular formula is C20H17BrN2. The second-order valence-corrected chi connectivity index (χ2v) is 7.58. The molecule has 114 valence electrons. The molecule has 0 bridgehead atoms. The fourth-order valence-corrected chi connectivity index (χ4v) is 3.60. The third kappa shape index (κ3) is 2.70. The van der Waals surface area contributed by atoms with Gasteiger partial charge < -0.3 is 0 Å². The third-order valence-corrected chi connectivity index (χ3v) is 4.72. The van der Waals surface area contributed by atoms with Crippen molar-refractivity contribution in [1.29, 1.82) is 0 Å². The van der Waals surface area contributed by atoms with Crippen molar-refractivity contribution in [2.24, 2.45) is 4.99 Å². The van der Waals surface area contributed by atoms with Crippen molar-refractivity contribution in [1.82, 2.24) is 4.98 Å². The molecule has 2 heterocycles. The molecule has 23 heavy (non-hydrogen) atoms. The minimum atomic E-state index is -0.0874. The summed E-state index contributed by atoms with van der Waals surface area (Å²) in [6.07, 6.45) is 2.91. The topological polar surface area (TPSA) is 25.2 Å². The maximum absolute atomic E-state index is 5.02. The Morgan fingerprint density at radius 3 is 2.74 bits per heavy atom. The molecule has 1 aliphatic rings. The molecule has 0 fully saturated rings. The highest BCUT2D eigenvalue weighted by atomic mass is 79.9. The Morgan fingerprint density at radius 1 is 1.04 bits per heavy atom. The van der Waals surface area contributed by atoms with Gasteiger partial charge in [0.2, 0.25) is 0 Å². The van der Waals surface area contributed by atoms with Gasteiger partial charge in [0.05, 0.1) is 16.8 Å². The number of halogens is 1. The van der Waals surface area contributed by atoms with Gasteiger partial charge in [-0.05, 0) is 50.1 Å². The van der Waals surface area contributed by atoms with Gasteiger partial charge in [-0.25, -0.2) is 0 Å². The highest BCUT2D eigenvalue weighted by Gasteiger charge is 2.27. The van der Waals surface area contributed by atoms with E-state index >= 15 is 0 Å². The minimum Gasteiger partial charge on any atom is -0.278 e. The first-order valence-electron chi connectivity index (χ1n) is 7.76. The van der Waals surface area contributed by atoms with Crippen LogP contribution in [0.5, 0.6) is 0 Å². The van der Waals surface area contributed by atoms with Crippen LogP contribution in [0.1, 0.15) is 30.5 Å². The van der Waals surface area contributed by atoms with E-state index in [-0.39, 0.29) is 5.54 Å². The summed E-state index contributed by atoms with van der Waals surface area (Å²) in [7, 11) is 0. The van der Waals surface area contributed by atoms with E-state index in [4.69, 9.17) is 4.99 Å². The second kappa shape index (κ2) is 5.27. The number of hydrogen-bond acceptors (Lipinski definition) is 2. The maximum atomic E-state index is 5.02. The molecule has 0 saturated heterocycles. The molecule has 0 atom stereocenters. The third-order valence-electron chi connectivity index (χ3n) is 4.23. The summed E-state index contributed by atoms with van der Waals surface area (Å²) in [4.78, 5) is 9.64. The molecule has 3 aromatic rings. The minimum absolute atomic E-state index is 0.0874. The Hall–Kier alpha value is -2.00. The van der Waals surface area contributed by atoms with E-state index < -0.39 is 0 Å². The summed E-state index contributed by atoms with van der Waals surface area (Å²) in [5.41, 5.74) is 5.62. The predicted molar refractivity (Wildman–Crippen MR) is 99.3 cm³/mol. The molecule has 0 aliphatic carbocycles. The zero-order valence-corrected chi connectivity index (χ0v) is 14.8. The monoisotopic (exact) mass is 364 g/mol. The standard InChI is InChI=1S/C20H17BrN2/c1-20(2)11-13-5-3-4-6-17(13)19(23-20)15-9-14-10-16(21)7-8-18(14)22-12-15/h3-10,12H,11H2,1-2H3. The Balaban J connectivity index is 1.93. The van der Waals surface area contributed by atoms with Crippen LogP contribution in [0, 0.1) is 0 Å². The average Bonchev–Trinajstić information content (AvgIpc) is 2.52. The van der Waals surface area contributed by atoms with Crippen molar-refractivity contribution in [2.75, 3.05) is 0 Å². The van der Waals surface area contributed by atoms with Gasteiger partial charge >= 0.3 is 0 Å². The quantitative estimate of drug-likeness (QED) is 0.584. The van der Waals surface area contributed by atoms with E-state index in [0.29, 0.717) is 0 Å².